The first-order valence-electron chi connectivity index (χ1n) is 10.1. The first-order valence-corrected chi connectivity index (χ1v) is 10.1. The lowest BCUT2D eigenvalue weighted by molar-refractivity contribution is 0.262. The molecule has 2 heterocycles. The molecule has 2 amide bonds. The number of pyridine rings is 1. The third-order valence-corrected chi connectivity index (χ3v) is 5.27. The summed E-state index contributed by atoms with van der Waals surface area (Å²) < 4.78 is 20.0. The van der Waals surface area contributed by atoms with E-state index in [9.17, 15) is 9.18 Å². The van der Waals surface area contributed by atoms with Crippen molar-refractivity contribution in [3.63, 3.8) is 0 Å². The summed E-state index contributed by atoms with van der Waals surface area (Å²) in [6.07, 6.45) is 3.49. The monoisotopic (exact) mass is 408 g/mol. The van der Waals surface area contributed by atoms with Crippen LogP contribution in [0, 0.1) is 12.7 Å². The topological polar surface area (TPSA) is 66.5 Å². The second-order valence-electron chi connectivity index (χ2n) is 7.53. The Morgan fingerprint density at radius 1 is 1.07 bits per heavy atom. The Bertz CT molecular complexity index is 1080. The molecule has 1 aromatic heterocycles. The number of carbonyl (C=O) groups is 1. The Morgan fingerprint density at radius 2 is 1.87 bits per heavy atom. The summed E-state index contributed by atoms with van der Waals surface area (Å²) in [6, 6.07) is 11.8. The van der Waals surface area contributed by atoms with E-state index in [4.69, 9.17) is 4.74 Å². The predicted molar refractivity (Wildman–Crippen MR) is 118 cm³/mol. The lowest BCUT2D eigenvalue weighted by atomic mass is 10.1. The summed E-state index contributed by atoms with van der Waals surface area (Å²) >= 11 is 0. The Kier molecular flexibility index (Phi) is 5.70. The molecule has 0 saturated carbocycles. The number of benzene rings is 2. The summed E-state index contributed by atoms with van der Waals surface area (Å²) in [4.78, 5) is 19.2. The zero-order valence-electron chi connectivity index (χ0n) is 17.2. The molecular formula is C23H25FN4O2. The molecular weight excluding hydrogens is 383 g/mol. The van der Waals surface area contributed by atoms with Gasteiger partial charge in [-0.2, -0.15) is 0 Å². The van der Waals surface area contributed by atoms with E-state index in [1.807, 2.05) is 31.2 Å². The van der Waals surface area contributed by atoms with Crippen molar-refractivity contribution in [1.29, 1.82) is 0 Å². The standard InChI is InChI=1S/C23H25FN4O2/c1-15-6-8-20(30-2)19(12-15)26-23(29)25-17-13-16-7-9-21(27-22(16)18(24)14-17)28-10-4-3-5-11-28/h6-9,12-14H,3-5,10-11H2,1-2H3,(H2,25,26,29). The van der Waals surface area contributed by atoms with Gasteiger partial charge in [-0.15, -0.1) is 0 Å². The number of hydrogen-bond donors (Lipinski definition) is 2. The van der Waals surface area contributed by atoms with Crippen LogP contribution >= 0.6 is 0 Å². The fourth-order valence-electron chi connectivity index (χ4n) is 3.76. The minimum absolute atomic E-state index is 0.310. The van der Waals surface area contributed by atoms with Crippen LogP contribution in [0.5, 0.6) is 5.75 Å². The summed E-state index contributed by atoms with van der Waals surface area (Å²) in [7, 11) is 1.54. The molecule has 1 aliphatic heterocycles. The van der Waals surface area contributed by atoms with Gasteiger partial charge < -0.3 is 20.3 Å². The summed E-state index contributed by atoms with van der Waals surface area (Å²) in [5.41, 5.74) is 2.20. The zero-order valence-corrected chi connectivity index (χ0v) is 17.2. The number of halogens is 1. The maximum atomic E-state index is 14.8. The highest BCUT2D eigenvalue weighted by atomic mass is 19.1. The maximum Gasteiger partial charge on any atom is 0.323 e. The Balaban J connectivity index is 1.53. The third-order valence-electron chi connectivity index (χ3n) is 5.27. The number of hydrogen-bond acceptors (Lipinski definition) is 4. The highest BCUT2D eigenvalue weighted by Crippen LogP contribution is 2.27. The number of nitrogens with one attached hydrogen (secondary N) is 2. The van der Waals surface area contributed by atoms with Gasteiger partial charge in [0.1, 0.15) is 17.1 Å². The van der Waals surface area contributed by atoms with E-state index in [2.05, 4.69) is 20.5 Å². The second-order valence-corrected chi connectivity index (χ2v) is 7.53. The molecule has 0 radical (unpaired) electrons. The van der Waals surface area contributed by atoms with Crippen LogP contribution in [0.1, 0.15) is 24.8 Å². The van der Waals surface area contributed by atoms with Gasteiger partial charge in [0, 0.05) is 24.2 Å². The van der Waals surface area contributed by atoms with Crippen molar-refractivity contribution >= 4 is 34.1 Å². The van der Waals surface area contributed by atoms with Gasteiger partial charge in [-0.25, -0.2) is 14.2 Å². The quantitative estimate of drug-likeness (QED) is 0.613. The van der Waals surface area contributed by atoms with E-state index >= 15 is 0 Å². The average molecular weight is 408 g/mol. The molecule has 0 spiro atoms. The molecule has 0 aliphatic carbocycles. The minimum Gasteiger partial charge on any atom is -0.495 e. The first-order chi connectivity index (χ1) is 14.5. The number of amides is 2. The Labute approximate surface area is 175 Å². The average Bonchev–Trinajstić information content (AvgIpc) is 2.74. The minimum atomic E-state index is -0.476. The van der Waals surface area contributed by atoms with Crippen LogP contribution < -0.4 is 20.3 Å². The van der Waals surface area contributed by atoms with Crippen molar-refractivity contribution < 1.29 is 13.9 Å². The lowest BCUT2D eigenvalue weighted by Crippen LogP contribution is -2.30. The molecule has 0 atom stereocenters. The highest BCUT2D eigenvalue weighted by molar-refractivity contribution is 6.02. The van der Waals surface area contributed by atoms with Crippen molar-refractivity contribution in [3.8, 4) is 5.75 Å². The number of fused-ring (bicyclic) bond motifs is 1. The van der Waals surface area contributed by atoms with E-state index in [0.717, 1.165) is 37.3 Å². The Morgan fingerprint density at radius 3 is 2.63 bits per heavy atom. The van der Waals surface area contributed by atoms with Crippen molar-refractivity contribution in [1.82, 2.24) is 4.98 Å². The van der Waals surface area contributed by atoms with Crippen molar-refractivity contribution in [2.45, 2.75) is 26.2 Å². The number of nitrogens with zero attached hydrogens (tertiary/aromatic N) is 2. The highest BCUT2D eigenvalue weighted by Gasteiger charge is 2.15. The lowest BCUT2D eigenvalue weighted by Gasteiger charge is -2.27. The van der Waals surface area contributed by atoms with Gasteiger partial charge in [-0.1, -0.05) is 6.07 Å². The van der Waals surface area contributed by atoms with Crippen molar-refractivity contribution in [2.75, 3.05) is 35.7 Å². The summed E-state index contributed by atoms with van der Waals surface area (Å²) in [5.74, 6) is 0.885. The van der Waals surface area contributed by atoms with Crippen LogP contribution in [0.25, 0.3) is 10.9 Å². The van der Waals surface area contributed by atoms with Gasteiger partial charge in [-0.05, 0) is 68.1 Å². The number of carbonyl (C=O) groups excluding carboxylic acids is 1. The predicted octanol–water partition coefficient (Wildman–Crippen LogP) is 5.33. The van der Waals surface area contributed by atoms with Crippen molar-refractivity contribution in [3.05, 3.63) is 53.8 Å². The zero-order chi connectivity index (χ0) is 21.1. The first kappa shape index (κ1) is 19.9. The molecule has 1 aliphatic rings. The molecule has 2 aromatic carbocycles. The van der Waals surface area contributed by atoms with E-state index in [1.165, 1.54) is 19.6 Å². The van der Waals surface area contributed by atoms with Crippen LogP contribution in [-0.4, -0.2) is 31.2 Å². The van der Waals surface area contributed by atoms with E-state index in [-0.39, 0.29) is 0 Å². The fraction of sp³-hybridized carbons (Fsp3) is 0.304. The van der Waals surface area contributed by atoms with Crippen LogP contribution in [0.3, 0.4) is 0 Å². The van der Waals surface area contributed by atoms with E-state index in [0.29, 0.717) is 28.0 Å². The molecule has 2 N–H and O–H groups in total. The molecule has 156 valence electrons. The number of anilines is 3. The maximum absolute atomic E-state index is 14.8. The SMILES string of the molecule is COc1ccc(C)cc1NC(=O)Nc1cc(F)c2nc(N3CCCCC3)ccc2c1. The van der Waals surface area contributed by atoms with Gasteiger partial charge in [0.15, 0.2) is 5.82 Å². The van der Waals surface area contributed by atoms with Crippen LogP contribution in [0.4, 0.5) is 26.4 Å². The number of aryl methyl sites for hydroxylation is 1. The van der Waals surface area contributed by atoms with Gasteiger partial charge in [-0.3, -0.25) is 0 Å². The number of methoxy groups -OCH3 is 1. The molecule has 4 rings (SSSR count). The normalized spacial score (nSPS) is 13.9. The van der Waals surface area contributed by atoms with Crippen LogP contribution in [0.15, 0.2) is 42.5 Å². The number of piperidine rings is 1. The molecule has 1 fully saturated rings. The van der Waals surface area contributed by atoms with Gasteiger partial charge in [0.2, 0.25) is 0 Å². The molecule has 30 heavy (non-hydrogen) atoms. The van der Waals surface area contributed by atoms with Gasteiger partial charge >= 0.3 is 6.03 Å². The molecule has 0 unspecified atom stereocenters. The number of ether oxygens (including phenoxy) is 1. The van der Waals surface area contributed by atoms with Gasteiger partial charge in [0.05, 0.1) is 12.8 Å². The van der Waals surface area contributed by atoms with Crippen LogP contribution in [0.2, 0.25) is 0 Å². The van der Waals surface area contributed by atoms with Gasteiger partial charge in [0.25, 0.3) is 0 Å². The van der Waals surface area contributed by atoms with E-state index in [1.54, 1.807) is 12.1 Å². The largest absolute Gasteiger partial charge is 0.495 e. The smallest absolute Gasteiger partial charge is 0.323 e. The molecule has 6 nitrogen and oxygen atoms in total. The third kappa shape index (κ3) is 4.30. The Hall–Kier alpha value is -3.35. The molecule has 7 heteroatoms. The fourth-order valence-corrected chi connectivity index (χ4v) is 3.76. The van der Waals surface area contributed by atoms with Crippen molar-refractivity contribution in [2.24, 2.45) is 0 Å². The van der Waals surface area contributed by atoms with Crippen LogP contribution in [-0.2, 0) is 0 Å². The molecule has 3 aromatic rings. The summed E-state index contributed by atoms with van der Waals surface area (Å²) in [6.45, 7) is 3.82. The molecule has 1 saturated heterocycles. The van der Waals surface area contributed by atoms with E-state index < -0.39 is 11.8 Å². The number of urea groups is 1. The molecule has 0 bridgehead atoms. The second kappa shape index (κ2) is 8.57. The summed E-state index contributed by atoms with van der Waals surface area (Å²) in [5, 5.41) is 6.08. The number of rotatable bonds is 4. The number of aromatic nitrogens is 1.